The van der Waals surface area contributed by atoms with Crippen LogP contribution in [0.25, 0.3) is 0 Å². The highest BCUT2D eigenvalue weighted by molar-refractivity contribution is 7.09. The molecule has 5 heteroatoms. The molecule has 1 atom stereocenters. The molecule has 1 heterocycles. The first-order valence-electron chi connectivity index (χ1n) is 7.99. The Hall–Kier alpha value is -1.69. The second-order valence-electron chi connectivity index (χ2n) is 5.80. The zero-order chi connectivity index (χ0) is 16.1. The van der Waals surface area contributed by atoms with Crippen LogP contribution in [0.15, 0.2) is 41.8 Å². The van der Waals surface area contributed by atoms with E-state index < -0.39 is 0 Å². The van der Waals surface area contributed by atoms with Gasteiger partial charge < -0.3 is 10.4 Å². The quantitative estimate of drug-likeness (QED) is 0.819. The van der Waals surface area contributed by atoms with E-state index in [-0.39, 0.29) is 18.6 Å². The largest absolute Gasteiger partial charge is 0.395 e. The summed E-state index contributed by atoms with van der Waals surface area (Å²) in [5, 5.41) is 14.3. The Morgan fingerprint density at radius 2 is 2.17 bits per heavy atom. The molecule has 0 spiro atoms. The number of nitrogens with zero attached hydrogens (tertiary/aromatic N) is 1. The van der Waals surface area contributed by atoms with E-state index in [2.05, 4.69) is 28.4 Å². The second kappa shape index (κ2) is 7.73. The fourth-order valence-corrected chi connectivity index (χ4v) is 3.87. The van der Waals surface area contributed by atoms with Crippen LogP contribution in [-0.4, -0.2) is 35.6 Å². The third-order valence-corrected chi connectivity index (χ3v) is 5.19. The van der Waals surface area contributed by atoms with Gasteiger partial charge in [0.15, 0.2) is 0 Å². The Bertz CT molecular complexity index is 642. The SMILES string of the molecule is O=C(CN(CCO)C1CCc2ccccc21)NCc1cccs1. The minimum atomic E-state index is 0.0104. The lowest BCUT2D eigenvalue weighted by molar-refractivity contribution is -0.123. The van der Waals surface area contributed by atoms with Crippen LogP contribution in [-0.2, 0) is 17.8 Å². The molecule has 2 N–H and O–H groups in total. The molecule has 0 saturated heterocycles. The van der Waals surface area contributed by atoms with Gasteiger partial charge in [0.1, 0.15) is 0 Å². The van der Waals surface area contributed by atoms with Crippen molar-refractivity contribution in [1.29, 1.82) is 0 Å². The van der Waals surface area contributed by atoms with Crippen LogP contribution in [0.1, 0.15) is 28.5 Å². The van der Waals surface area contributed by atoms with E-state index in [0.717, 1.165) is 17.7 Å². The lowest BCUT2D eigenvalue weighted by Crippen LogP contribution is -2.40. The topological polar surface area (TPSA) is 52.6 Å². The summed E-state index contributed by atoms with van der Waals surface area (Å²) < 4.78 is 0. The summed E-state index contributed by atoms with van der Waals surface area (Å²) in [4.78, 5) is 15.5. The van der Waals surface area contributed by atoms with E-state index in [9.17, 15) is 9.90 Å². The number of carbonyl (C=O) groups is 1. The van der Waals surface area contributed by atoms with Crippen molar-refractivity contribution in [2.24, 2.45) is 0 Å². The normalized spacial score (nSPS) is 16.5. The number of carbonyl (C=O) groups excluding carboxylic acids is 1. The number of nitrogens with one attached hydrogen (secondary N) is 1. The highest BCUT2D eigenvalue weighted by Gasteiger charge is 2.28. The van der Waals surface area contributed by atoms with Gasteiger partial charge in [-0.15, -0.1) is 11.3 Å². The molecule has 0 radical (unpaired) electrons. The maximum absolute atomic E-state index is 12.3. The summed E-state index contributed by atoms with van der Waals surface area (Å²) in [7, 11) is 0. The Morgan fingerprint density at radius 3 is 2.96 bits per heavy atom. The summed E-state index contributed by atoms with van der Waals surface area (Å²) in [6, 6.07) is 12.6. The van der Waals surface area contributed by atoms with Crippen LogP contribution in [0.2, 0.25) is 0 Å². The molecule has 2 aromatic rings. The standard InChI is InChI=1S/C18H22N2O2S/c21-10-9-20(13-18(22)19-12-15-5-3-11-23-15)17-8-7-14-4-1-2-6-16(14)17/h1-6,11,17,21H,7-10,12-13H2,(H,19,22). The number of aliphatic hydroxyl groups is 1. The zero-order valence-electron chi connectivity index (χ0n) is 13.1. The number of thiophene rings is 1. The van der Waals surface area contributed by atoms with Gasteiger partial charge in [0.2, 0.25) is 5.91 Å². The van der Waals surface area contributed by atoms with Gasteiger partial charge in [-0.2, -0.15) is 0 Å². The Balaban J connectivity index is 1.62. The molecule has 1 aromatic carbocycles. The highest BCUT2D eigenvalue weighted by atomic mass is 32.1. The first-order chi connectivity index (χ1) is 11.3. The summed E-state index contributed by atoms with van der Waals surface area (Å²) >= 11 is 1.64. The van der Waals surface area contributed by atoms with E-state index in [1.165, 1.54) is 11.1 Å². The number of aryl methyl sites for hydroxylation is 1. The van der Waals surface area contributed by atoms with Gasteiger partial charge >= 0.3 is 0 Å². The molecule has 0 fully saturated rings. The zero-order valence-corrected chi connectivity index (χ0v) is 13.9. The molecule has 0 bridgehead atoms. The molecule has 1 aliphatic carbocycles. The maximum Gasteiger partial charge on any atom is 0.234 e. The van der Waals surface area contributed by atoms with Gasteiger partial charge in [-0.05, 0) is 35.4 Å². The van der Waals surface area contributed by atoms with Gasteiger partial charge in [0.25, 0.3) is 0 Å². The van der Waals surface area contributed by atoms with Crippen molar-refractivity contribution in [3.63, 3.8) is 0 Å². The van der Waals surface area contributed by atoms with Crippen molar-refractivity contribution >= 4 is 17.2 Å². The number of rotatable bonds is 7. The van der Waals surface area contributed by atoms with Crippen molar-refractivity contribution in [3.05, 3.63) is 57.8 Å². The maximum atomic E-state index is 12.3. The number of hydrogen-bond donors (Lipinski definition) is 2. The molecule has 0 aliphatic heterocycles. The van der Waals surface area contributed by atoms with Crippen LogP contribution in [0.4, 0.5) is 0 Å². The predicted octanol–water partition coefficient (Wildman–Crippen LogP) is 2.35. The van der Waals surface area contributed by atoms with Gasteiger partial charge in [-0.3, -0.25) is 9.69 Å². The third kappa shape index (κ3) is 3.99. The molecule has 3 rings (SSSR count). The number of benzene rings is 1. The molecule has 1 aliphatic rings. The lowest BCUT2D eigenvalue weighted by Gasteiger charge is -2.28. The first-order valence-corrected chi connectivity index (χ1v) is 8.87. The smallest absolute Gasteiger partial charge is 0.234 e. The van der Waals surface area contributed by atoms with E-state index in [4.69, 9.17) is 0 Å². The average Bonchev–Trinajstić information content (AvgIpc) is 3.22. The van der Waals surface area contributed by atoms with E-state index in [1.807, 2.05) is 23.6 Å². The minimum Gasteiger partial charge on any atom is -0.395 e. The van der Waals surface area contributed by atoms with Gasteiger partial charge in [-0.1, -0.05) is 30.3 Å². The number of hydrogen-bond acceptors (Lipinski definition) is 4. The molecule has 1 aromatic heterocycles. The van der Waals surface area contributed by atoms with Gasteiger partial charge in [-0.25, -0.2) is 0 Å². The fourth-order valence-electron chi connectivity index (χ4n) is 3.23. The summed E-state index contributed by atoms with van der Waals surface area (Å²) in [6.45, 7) is 1.48. The van der Waals surface area contributed by atoms with Crippen molar-refractivity contribution in [2.75, 3.05) is 19.7 Å². The van der Waals surface area contributed by atoms with Crippen LogP contribution in [0.3, 0.4) is 0 Å². The van der Waals surface area contributed by atoms with Crippen LogP contribution < -0.4 is 5.32 Å². The molecule has 23 heavy (non-hydrogen) atoms. The van der Waals surface area contributed by atoms with Gasteiger partial charge in [0, 0.05) is 17.5 Å². The molecule has 122 valence electrons. The molecule has 4 nitrogen and oxygen atoms in total. The second-order valence-corrected chi connectivity index (χ2v) is 6.84. The number of fused-ring (bicyclic) bond motifs is 1. The van der Waals surface area contributed by atoms with Crippen molar-refractivity contribution in [1.82, 2.24) is 10.2 Å². The Kier molecular flexibility index (Phi) is 5.43. The molecule has 0 saturated carbocycles. The Labute approximate surface area is 140 Å². The predicted molar refractivity (Wildman–Crippen MR) is 92.3 cm³/mol. The molecular formula is C18H22N2O2S. The number of amides is 1. The summed E-state index contributed by atoms with van der Waals surface area (Å²) in [5.74, 6) is 0.0104. The van der Waals surface area contributed by atoms with E-state index >= 15 is 0 Å². The fraction of sp³-hybridized carbons (Fsp3) is 0.389. The van der Waals surface area contributed by atoms with Gasteiger partial charge in [0.05, 0.1) is 19.7 Å². The van der Waals surface area contributed by atoms with Crippen molar-refractivity contribution < 1.29 is 9.90 Å². The average molecular weight is 330 g/mol. The van der Waals surface area contributed by atoms with Crippen LogP contribution in [0.5, 0.6) is 0 Å². The molecule has 1 amide bonds. The summed E-state index contributed by atoms with van der Waals surface area (Å²) in [6.07, 6.45) is 2.05. The summed E-state index contributed by atoms with van der Waals surface area (Å²) in [5.41, 5.74) is 2.66. The highest BCUT2D eigenvalue weighted by Crippen LogP contribution is 2.35. The molecular weight excluding hydrogens is 308 g/mol. The van der Waals surface area contributed by atoms with Crippen molar-refractivity contribution in [3.8, 4) is 0 Å². The van der Waals surface area contributed by atoms with E-state index in [0.29, 0.717) is 19.6 Å². The van der Waals surface area contributed by atoms with Crippen molar-refractivity contribution in [2.45, 2.75) is 25.4 Å². The monoisotopic (exact) mass is 330 g/mol. The van der Waals surface area contributed by atoms with E-state index in [1.54, 1.807) is 11.3 Å². The Morgan fingerprint density at radius 1 is 1.30 bits per heavy atom. The third-order valence-electron chi connectivity index (χ3n) is 4.32. The van der Waals surface area contributed by atoms with Crippen LogP contribution >= 0.6 is 11.3 Å². The van der Waals surface area contributed by atoms with Crippen LogP contribution in [0, 0.1) is 0 Å². The minimum absolute atomic E-state index is 0.0104. The lowest BCUT2D eigenvalue weighted by atomic mass is 10.1. The number of aliphatic hydroxyl groups excluding tert-OH is 1. The molecule has 1 unspecified atom stereocenters. The first kappa shape index (κ1) is 16.2.